The van der Waals surface area contributed by atoms with Crippen LogP contribution >= 0.6 is 0 Å². The number of nitrogens with zero attached hydrogens (tertiary/aromatic N) is 1. The highest BCUT2D eigenvalue weighted by Crippen LogP contribution is 2.40. The molecule has 2 N–H and O–H groups in total. The van der Waals surface area contributed by atoms with Crippen LogP contribution in [0.2, 0.25) is 0 Å². The first-order valence-electron chi connectivity index (χ1n) is 7.59. The first-order valence-corrected chi connectivity index (χ1v) is 7.59. The summed E-state index contributed by atoms with van der Waals surface area (Å²) in [5.74, 6) is 3.21. The first-order chi connectivity index (χ1) is 9.65. The first kappa shape index (κ1) is 13.4. The molecule has 0 bridgehead atoms. The van der Waals surface area contributed by atoms with Gasteiger partial charge in [-0.15, -0.1) is 0 Å². The second-order valence-electron chi connectivity index (χ2n) is 6.12. The zero-order valence-electron chi connectivity index (χ0n) is 12.4. The highest BCUT2D eigenvalue weighted by Gasteiger charge is 2.24. The molecule has 1 aromatic rings. The lowest BCUT2D eigenvalue weighted by atomic mass is 9.86. The zero-order chi connectivity index (χ0) is 14.1. The Bertz CT molecular complexity index is 480. The van der Waals surface area contributed by atoms with Crippen LogP contribution in [0.15, 0.2) is 12.1 Å². The fraction of sp³-hybridized carbons (Fsp3) is 0.625. The van der Waals surface area contributed by atoms with E-state index in [-0.39, 0.29) is 0 Å². The largest absolute Gasteiger partial charge is 0.486 e. The summed E-state index contributed by atoms with van der Waals surface area (Å²) < 4.78 is 11.2. The molecule has 2 aliphatic heterocycles. The zero-order valence-corrected chi connectivity index (χ0v) is 12.4. The van der Waals surface area contributed by atoms with Crippen LogP contribution in [0.1, 0.15) is 26.7 Å². The van der Waals surface area contributed by atoms with Crippen LogP contribution in [0, 0.1) is 11.8 Å². The third kappa shape index (κ3) is 2.51. The molecule has 0 atom stereocenters. The monoisotopic (exact) mass is 276 g/mol. The van der Waals surface area contributed by atoms with Crippen LogP contribution in [0.3, 0.4) is 0 Å². The molecule has 110 valence electrons. The second-order valence-corrected chi connectivity index (χ2v) is 6.12. The van der Waals surface area contributed by atoms with E-state index in [2.05, 4.69) is 18.7 Å². The predicted molar refractivity (Wildman–Crippen MR) is 81.6 cm³/mol. The molecule has 1 aromatic carbocycles. The van der Waals surface area contributed by atoms with Gasteiger partial charge in [-0.25, -0.2) is 0 Å². The van der Waals surface area contributed by atoms with Crippen molar-refractivity contribution in [1.82, 2.24) is 0 Å². The van der Waals surface area contributed by atoms with Crippen molar-refractivity contribution >= 4 is 11.4 Å². The minimum Gasteiger partial charge on any atom is -0.486 e. The van der Waals surface area contributed by atoms with Gasteiger partial charge in [0, 0.05) is 25.2 Å². The minimum atomic E-state index is 0.603. The summed E-state index contributed by atoms with van der Waals surface area (Å²) in [6, 6.07) is 3.94. The normalized spacial score (nSPS) is 19.4. The highest BCUT2D eigenvalue weighted by atomic mass is 16.6. The topological polar surface area (TPSA) is 47.7 Å². The van der Waals surface area contributed by atoms with Crippen molar-refractivity contribution in [3.63, 3.8) is 0 Å². The van der Waals surface area contributed by atoms with Crippen molar-refractivity contribution in [3.05, 3.63) is 12.1 Å². The number of piperidine rings is 1. The number of fused-ring (bicyclic) bond motifs is 1. The van der Waals surface area contributed by atoms with Gasteiger partial charge in [-0.3, -0.25) is 0 Å². The predicted octanol–water partition coefficient (Wildman–Crippen LogP) is 2.91. The Hall–Kier alpha value is -1.58. The number of nitrogen functional groups attached to an aromatic ring is 1. The molecule has 2 heterocycles. The molecule has 1 saturated heterocycles. The number of hydrogen-bond acceptors (Lipinski definition) is 4. The van der Waals surface area contributed by atoms with Crippen molar-refractivity contribution in [2.75, 3.05) is 36.9 Å². The molecule has 0 amide bonds. The highest BCUT2D eigenvalue weighted by molar-refractivity contribution is 5.73. The van der Waals surface area contributed by atoms with Crippen LogP contribution in [0.25, 0.3) is 0 Å². The Balaban J connectivity index is 1.77. The fourth-order valence-corrected chi connectivity index (χ4v) is 3.17. The Morgan fingerprint density at radius 1 is 1.10 bits per heavy atom. The van der Waals surface area contributed by atoms with Crippen molar-refractivity contribution in [1.29, 1.82) is 0 Å². The van der Waals surface area contributed by atoms with Gasteiger partial charge in [0.1, 0.15) is 13.2 Å². The molecule has 0 spiro atoms. The summed E-state index contributed by atoms with van der Waals surface area (Å²) in [6.07, 6.45) is 2.48. The van der Waals surface area contributed by atoms with Gasteiger partial charge in [0.2, 0.25) is 0 Å². The number of anilines is 2. The van der Waals surface area contributed by atoms with Crippen molar-refractivity contribution in [2.24, 2.45) is 11.8 Å². The number of nitrogens with two attached hydrogens (primary N) is 1. The molecule has 2 aliphatic rings. The van der Waals surface area contributed by atoms with E-state index in [1.807, 2.05) is 12.1 Å². The summed E-state index contributed by atoms with van der Waals surface area (Å²) in [5, 5.41) is 0. The summed E-state index contributed by atoms with van der Waals surface area (Å²) >= 11 is 0. The van der Waals surface area contributed by atoms with Crippen molar-refractivity contribution < 1.29 is 9.47 Å². The number of rotatable bonds is 2. The van der Waals surface area contributed by atoms with E-state index in [0.29, 0.717) is 13.2 Å². The van der Waals surface area contributed by atoms with Gasteiger partial charge in [0.25, 0.3) is 0 Å². The molecule has 0 unspecified atom stereocenters. The van der Waals surface area contributed by atoms with Gasteiger partial charge in [0.15, 0.2) is 11.5 Å². The van der Waals surface area contributed by atoms with Gasteiger partial charge >= 0.3 is 0 Å². The third-order valence-electron chi connectivity index (χ3n) is 4.51. The summed E-state index contributed by atoms with van der Waals surface area (Å²) in [4.78, 5) is 2.38. The Kier molecular flexibility index (Phi) is 3.64. The quantitative estimate of drug-likeness (QED) is 0.844. The van der Waals surface area contributed by atoms with Gasteiger partial charge in [-0.2, -0.15) is 0 Å². The van der Waals surface area contributed by atoms with E-state index in [4.69, 9.17) is 15.2 Å². The second kappa shape index (κ2) is 5.43. The van der Waals surface area contributed by atoms with Crippen molar-refractivity contribution in [3.8, 4) is 11.5 Å². The van der Waals surface area contributed by atoms with Gasteiger partial charge in [-0.1, -0.05) is 13.8 Å². The molecule has 0 saturated carbocycles. The Morgan fingerprint density at radius 2 is 1.70 bits per heavy atom. The molecule has 1 fully saturated rings. The summed E-state index contributed by atoms with van der Waals surface area (Å²) in [6.45, 7) is 8.01. The maximum atomic E-state index is 6.19. The van der Waals surface area contributed by atoms with Crippen LogP contribution < -0.4 is 20.1 Å². The van der Waals surface area contributed by atoms with Crippen LogP contribution in [0.4, 0.5) is 11.4 Å². The van der Waals surface area contributed by atoms with E-state index in [9.17, 15) is 0 Å². The summed E-state index contributed by atoms with van der Waals surface area (Å²) in [7, 11) is 0. The standard InChI is InChI=1S/C16H24N2O2/c1-11(2)12-3-5-18(6-4-12)14-10-16-15(9-13(14)17)19-7-8-20-16/h9-12H,3-8,17H2,1-2H3. The Morgan fingerprint density at radius 3 is 2.30 bits per heavy atom. The van der Waals surface area contributed by atoms with E-state index < -0.39 is 0 Å². The fourth-order valence-electron chi connectivity index (χ4n) is 3.17. The minimum absolute atomic E-state index is 0.603. The third-order valence-corrected chi connectivity index (χ3v) is 4.51. The van der Waals surface area contributed by atoms with Gasteiger partial charge in [0.05, 0.1) is 11.4 Å². The average Bonchev–Trinajstić information content (AvgIpc) is 2.46. The maximum Gasteiger partial charge on any atom is 0.163 e. The van der Waals surface area contributed by atoms with Gasteiger partial charge in [-0.05, 0) is 24.7 Å². The van der Waals surface area contributed by atoms with E-state index >= 15 is 0 Å². The molecule has 0 aromatic heterocycles. The molecule has 4 heteroatoms. The van der Waals surface area contributed by atoms with E-state index in [1.54, 1.807) is 0 Å². The lowest BCUT2D eigenvalue weighted by Crippen LogP contribution is -2.35. The molecule has 20 heavy (non-hydrogen) atoms. The number of benzene rings is 1. The van der Waals surface area contributed by atoms with Crippen LogP contribution in [0.5, 0.6) is 11.5 Å². The lowest BCUT2D eigenvalue weighted by Gasteiger charge is -2.36. The van der Waals surface area contributed by atoms with Crippen molar-refractivity contribution in [2.45, 2.75) is 26.7 Å². The smallest absolute Gasteiger partial charge is 0.163 e. The molecule has 3 rings (SSSR count). The number of ether oxygens (including phenoxy) is 2. The van der Waals surface area contributed by atoms with Crippen LogP contribution in [-0.2, 0) is 0 Å². The SMILES string of the molecule is CC(C)C1CCN(c2cc3c(cc2N)OCCO3)CC1. The lowest BCUT2D eigenvalue weighted by molar-refractivity contribution is 0.171. The van der Waals surface area contributed by atoms with E-state index in [0.717, 1.165) is 47.8 Å². The van der Waals surface area contributed by atoms with Crippen LogP contribution in [-0.4, -0.2) is 26.3 Å². The molecular formula is C16H24N2O2. The molecule has 0 radical (unpaired) electrons. The summed E-state index contributed by atoms with van der Waals surface area (Å²) in [5.41, 5.74) is 8.08. The Labute approximate surface area is 120 Å². The average molecular weight is 276 g/mol. The number of hydrogen-bond donors (Lipinski definition) is 1. The molecule has 4 nitrogen and oxygen atoms in total. The van der Waals surface area contributed by atoms with E-state index in [1.165, 1.54) is 12.8 Å². The molecular weight excluding hydrogens is 252 g/mol. The maximum absolute atomic E-state index is 6.19. The molecule has 0 aliphatic carbocycles. The van der Waals surface area contributed by atoms with Gasteiger partial charge < -0.3 is 20.1 Å².